The van der Waals surface area contributed by atoms with Gasteiger partial charge in [0.2, 0.25) is 11.8 Å². The lowest BCUT2D eigenvalue weighted by atomic mass is 10.1. The first-order valence-corrected chi connectivity index (χ1v) is 7.23. The van der Waals surface area contributed by atoms with E-state index in [0.29, 0.717) is 13.0 Å². The Morgan fingerprint density at radius 1 is 1.08 bits per heavy atom. The van der Waals surface area contributed by atoms with Gasteiger partial charge >= 0.3 is 11.9 Å². The number of rotatable bonds is 11. The summed E-state index contributed by atoms with van der Waals surface area (Å²) in [5.74, 6) is -3.94. The van der Waals surface area contributed by atoms with Gasteiger partial charge in [-0.3, -0.25) is 19.8 Å². The number of carboxylic acids is 2. The van der Waals surface area contributed by atoms with E-state index in [4.69, 9.17) is 21.4 Å². The van der Waals surface area contributed by atoms with E-state index < -0.39 is 42.3 Å². The second-order valence-electron chi connectivity index (χ2n) is 5.07. The molecule has 11 nitrogen and oxygen atoms in total. The van der Waals surface area contributed by atoms with Crippen molar-refractivity contribution in [1.29, 1.82) is 5.41 Å². The highest BCUT2D eigenvalue weighted by molar-refractivity contribution is 5.90. The average molecular weight is 345 g/mol. The van der Waals surface area contributed by atoms with E-state index in [0.717, 1.165) is 0 Å². The lowest BCUT2D eigenvalue weighted by Crippen LogP contribution is -2.51. The summed E-state index contributed by atoms with van der Waals surface area (Å²) in [5, 5.41) is 31.8. The van der Waals surface area contributed by atoms with Gasteiger partial charge < -0.3 is 31.9 Å². The first-order valence-electron chi connectivity index (χ1n) is 7.23. The highest BCUT2D eigenvalue weighted by Gasteiger charge is 2.26. The third-order valence-electron chi connectivity index (χ3n) is 2.94. The van der Waals surface area contributed by atoms with Gasteiger partial charge in [-0.15, -0.1) is 0 Å². The summed E-state index contributed by atoms with van der Waals surface area (Å²) < 4.78 is 0. The van der Waals surface area contributed by atoms with E-state index in [-0.39, 0.29) is 18.8 Å². The van der Waals surface area contributed by atoms with Crippen LogP contribution in [0, 0.1) is 5.41 Å². The molecule has 0 aromatic rings. The number of amides is 2. The van der Waals surface area contributed by atoms with Crippen molar-refractivity contribution in [3.8, 4) is 0 Å². The van der Waals surface area contributed by atoms with Crippen LogP contribution >= 0.6 is 0 Å². The fourth-order valence-corrected chi connectivity index (χ4v) is 1.84. The molecular weight excluding hydrogens is 322 g/mol. The fraction of sp³-hybridized carbons (Fsp3) is 0.615. The Morgan fingerprint density at radius 3 is 2.17 bits per heavy atom. The van der Waals surface area contributed by atoms with Crippen LogP contribution in [0.3, 0.4) is 0 Å². The van der Waals surface area contributed by atoms with Crippen LogP contribution < -0.4 is 21.7 Å². The normalized spacial score (nSPS) is 12.5. The third kappa shape index (κ3) is 9.97. The highest BCUT2D eigenvalue weighted by atomic mass is 16.4. The predicted octanol–water partition coefficient (Wildman–Crippen LogP) is -1.81. The predicted molar refractivity (Wildman–Crippen MR) is 83.2 cm³/mol. The Labute approximate surface area is 138 Å². The van der Waals surface area contributed by atoms with Crippen LogP contribution in [-0.2, 0) is 19.2 Å². The maximum atomic E-state index is 12.1. The second kappa shape index (κ2) is 10.8. The first-order chi connectivity index (χ1) is 11.1. The molecule has 0 aliphatic carbocycles. The summed E-state index contributed by atoms with van der Waals surface area (Å²) in [6.45, 7) is 1.52. The van der Waals surface area contributed by atoms with Crippen molar-refractivity contribution in [3.63, 3.8) is 0 Å². The molecule has 0 heterocycles. The number of carbonyl (C=O) groups is 4. The van der Waals surface area contributed by atoms with E-state index in [1.54, 1.807) is 0 Å². The first kappa shape index (κ1) is 21.1. The molecule has 0 bridgehead atoms. The number of nitrogens with one attached hydrogen (secondary N) is 4. The summed E-state index contributed by atoms with van der Waals surface area (Å²) in [5.41, 5.74) is 5.12. The molecule has 24 heavy (non-hydrogen) atoms. The Morgan fingerprint density at radius 2 is 1.71 bits per heavy atom. The van der Waals surface area contributed by atoms with E-state index in [9.17, 15) is 19.2 Å². The van der Waals surface area contributed by atoms with E-state index >= 15 is 0 Å². The molecule has 0 saturated heterocycles. The zero-order valence-electron chi connectivity index (χ0n) is 13.3. The maximum Gasteiger partial charge on any atom is 0.326 e. The maximum absolute atomic E-state index is 12.1. The number of hydrogen-bond donors (Lipinski definition) is 7. The molecule has 2 atom stereocenters. The molecule has 0 saturated carbocycles. The zero-order chi connectivity index (χ0) is 18.7. The van der Waals surface area contributed by atoms with E-state index in [2.05, 4.69) is 16.0 Å². The topological polar surface area (TPSA) is 195 Å². The Kier molecular flexibility index (Phi) is 9.52. The van der Waals surface area contributed by atoms with Crippen LogP contribution in [0.1, 0.15) is 32.6 Å². The number of carboxylic acid groups (broad SMARTS) is 2. The van der Waals surface area contributed by atoms with E-state index in [1.807, 2.05) is 0 Å². The molecule has 8 N–H and O–H groups in total. The standard InChI is InChI=1S/C13H23N5O6/c1-7(19)17-8(3-2-6-16-13(14)15)11(22)18-9(12(23)24)4-5-10(20)21/h8-9H,2-6H2,1H3,(H,17,19)(H,18,22)(H,20,21)(H,23,24)(H4,14,15,16)/t8-,9+/m1/s1. The second-order valence-corrected chi connectivity index (χ2v) is 5.07. The van der Waals surface area contributed by atoms with Gasteiger partial charge in [-0.1, -0.05) is 0 Å². The highest BCUT2D eigenvalue weighted by Crippen LogP contribution is 2.02. The molecule has 0 spiro atoms. The molecule has 0 unspecified atom stereocenters. The minimum absolute atomic E-state index is 0.191. The van der Waals surface area contributed by atoms with Gasteiger partial charge in [0.1, 0.15) is 12.1 Å². The zero-order valence-corrected chi connectivity index (χ0v) is 13.3. The lowest BCUT2D eigenvalue weighted by Gasteiger charge is -2.20. The summed E-state index contributed by atoms with van der Waals surface area (Å²) >= 11 is 0. The minimum Gasteiger partial charge on any atom is -0.481 e. The van der Waals surface area contributed by atoms with E-state index in [1.165, 1.54) is 6.92 Å². The summed E-state index contributed by atoms with van der Waals surface area (Å²) in [6.07, 6.45) is -0.0958. The summed E-state index contributed by atoms with van der Waals surface area (Å²) in [6, 6.07) is -2.33. The van der Waals surface area contributed by atoms with Gasteiger partial charge in [-0.2, -0.15) is 0 Å². The van der Waals surface area contributed by atoms with Crippen molar-refractivity contribution in [2.24, 2.45) is 5.73 Å². The van der Waals surface area contributed by atoms with Crippen LogP contribution in [0.4, 0.5) is 0 Å². The van der Waals surface area contributed by atoms with Crippen LogP contribution in [0.25, 0.3) is 0 Å². The fourth-order valence-electron chi connectivity index (χ4n) is 1.84. The SMILES string of the molecule is CC(=O)N[C@H](CCCNC(=N)N)C(=O)N[C@@H](CCC(=O)O)C(=O)O. The van der Waals surface area contributed by atoms with Crippen molar-refractivity contribution in [2.45, 2.75) is 44.7 Å². The summed E-state index contributed by atoms with van der Waals surface area (Å²) in [7, 11) is 0. The Balaban J connectivity index is 4.69. The van der Waals surface area contributed by atoms with Crippen molar-refractivity contribution in [1.82, 2.24) is 16.0 Å². The molecule has 0 aliphatic rings. The summed E-state index contributed by atoms with van der Waals surface area (Å²) in [4.78, 5) is 44.9. The number of hydrogen-bond acceptors (Lipinski definition) is 5. The average Bonchev–Trinajstić information content (AvgIpc) is 2.45. The molecule has 0 aliphatic heterocycles. The minimum atomic E-state index is -1.36. The molecule has 11 heteroatoms. The molecule has 136 valence electrons. The van der Waals surface area contributed by atoms with Crippen LogP contribution in [0.2, 0.25) is 0 Å². The van der Waals surface area contributed by atoms with Gasteiger partial charge in [0.25, 0.3) is 0 Å². The van der Waals surface area contributed by atoms with Gasteiger partial charge in [-0.25, -0.2) is 4.79 Å². The Bertz CT molecular complexity index is 495. The largest absolute Gasteiger partial charge is 0.481 e. The van der Waals surface area contributed by atoms with Crippen LogP contribution in [0.5, 0.6) is 0 Å². The van der Waals surface area contributed by atoms with Crippen LogP contribution in [0.15, 0.2) is 0 Å². The number of carbonyl (C=O) groups excluding carboxylic acids is 2. The number of aliphatic carboxylic acids is 2. The van der Waals surface area contributed by atoms with Gasteiger partial charge in [0.15, 0.2) is 5.96 Å². The molecule has 0 aromatic carbocycles. The van der Waals surface area contributed by atoms with Gasteiger partial charge in [-0.05, 0) is 19.3 Å². The number of guanidine groups is 1. The smallest absolute Gasteiger partial charge is 0.326 e. The quantitative estimate of drug-likeness (QED) is 0.129. The molecular formula is C13H23N5O6. The van der Waals surface area contributed by atoms with Crippen LogP contribution in [-0.4, -0.2) is 58.6 Å². The molecule has 0 fully saturated rings. The van der Waals surface area contributed by atoms with Crippen molar-refractivity contribution in [3.05, 3.63) is 0 Å². The number of nitrogens with two attached hydrogens (primary N) is 1. The molecule has 2 amide bonds. The third-order valence-corrected chi connectivity index (χ3v) is 2.94. The van der Waals surface area contributed by atoms with Gasteiger partial charge in [0, 0.05) is 19.9 Å². The van der Waals surface area contributed by atoms with Crippen molar-refractivity contribution < 1.29 is 29.4 Å². The molecule has 0 radical (unpaired) electrons. The van der Waals surface area contributed by atoms with Crippen molar-refractivity contribution in [2.75, 3.05) is 6.54 Å². The monoisotopic (exact) mass is 345 g/mol. The molecule has 0 aromatic heterocycles. The molecule has 0 rings (SSSR count). The lowest BCUT2D eigenvalue weighted by molar-refractivity contribution is -0.143. The van der Waals surface area contributed by atoms with Crippen molar-refractivity contribution >= 4 is 29.7 Å². The Hall–Kier alpha value is -2.85. The van der Waals surface area contributed by atoms with Gasteiger partial charge in [0.05, 0.1) is 0 Å².